The summed E-state index contributed by atoms with van der Waals surface area (Å²) in [6.45, 7) is -0.142. The Bertz CT molecular complexity index is 1120. The first-order valence-corrected chi connectivity index (χ1v) is 9.81. The maximum absolute atomic E-state index is 13.8. The summed E-state index contributed by atoms with van der Waals surface area (Å²) in [7, 11) is 1.20. The van der Waals surface area contributed by atoms with Gasteiger partial charge in [0.2, 0.25) is 0 Å². The van der Waals surface area contributed by atoms with E-state index in [-0.39, 0.29) is 22.2 Å². The Hall–Kier alpha value is -3.24. The highest BCUT2D eigenvalue weighted by atomic mass is 35.5. The summed E-state index contributed by atoms with van der Waals surface area (Å²) < 4.78 is 36.9. The van der Waals surface area contributed by atoms with Gasteiger partial charge in [0.05, 0.1) is 18.2 Å². The number of methoxy groups -OCH3 is 1. The lowest BCUT2D eigenvalue weighted by atomic mass is 10.2. The van der Waals surface area contributed by atoms with Crippen molar-refractivity contribution in [1.82, 2.24) is 5.32 Å². The van der Waals surface area contributed by atoms with Crippen LogP contribution >= 0.6 is 23.4 Å². The molecular weight excluding hydrogens is 452 g/mol. The van der Waals surface area contributed by atoms with Gasteiger partial charge in [-0.3, -0.25) is 10.1 Å². The van der Waals surface area contributed by atoms with E-state index in [9.17, 15) is 18.4 Å². The summed E-state index contributed by atoms with van der Waals surface area (Å²) in [5.41, 5.74) is 0.619. The molecule has 7 nitrogen and oxygen atoms in total. The first-order valence-electron chi connectivity index (χ1n) is 8.62. The second kappa shape index (κ2) is 10.2. The molecule has 11 heteroatoms. The number of carbonyl (C=O) groups excluding carboxylic acids is 2. The summed E-state index contributed by atoms with van der Waals surface area (Å²) in [4.78, 5) is 23.2. The van der Waals surface area contributed by atoms with Crippen molar-refractivity contribution < 1.29 is 27.8 Å². The van der Waals surface area contributed by atoms with Crippen LogP contribution in [0, 0.1) is 11.6 Å². The molecule has 0 radical (unpaired) electrons. The topological polar surface area (TPSA) is 89.3 Å². The van der Waals surface area contributed by atoms with E-state index in [1.165, 1.54) is 19.4 Å². The zero-order valence-electron chi connectivity index (χ0n) is 15.9. The summed E-state index contributed by atoms with van der Waals surface area (Å²) in [5.74, 6) is -2.23. The van der Waals surface area contributed by atoms with Crippen molar-refractivity contribution in [2.45, 2.75) is 6.61 Å². The van der Waals surface area contributed by atoms with Gasteiger partial charge in [-0.05, 0) is 42.1 Å². The summed E-state index contributed by atoms with van der Waals surface area (Å²) in [6, 6.07) is 7.91. The number of esters is 1. The van der Waals surface area contributed by atoms with Gasteiger partial charge >= 0.3 is 5.97 Å². The number of carbonyl (C=O) groups is 2. The smallest absolute Gasteiger partial charge is 0.331 e. The molecule has 1 amide bonds. The number of rotatable bonds is 6. The number of halogens is 3. The average Bonchev–Trinajstić information content (AvgIpc) is 3.07. The van der Waals surface area contributed by atoms with E-state index in [2.05, 4.69) is 20.3 Å². The van der Waals surface area contributed by atoms with Gasteiger partial charge in [0, 0.05) is 28.3 Å². The minimum absolute atomic E-state index is 0.119. The van der Waals surface area contributed by atoms with Crippen LogP contribution in [0.3, 0.4) is 0 Å². The predicted molar refractivity (Wildman–Crippen MR) is 113 cm³/mol. The Kier molecular flexibility index (Phi) is 7.37. The van der Waals surface area contributed by atoms with Gasteiger partial charge in [0.15, 0.2) is 5.17 Å². The van der Waals surface area contributed by atoms with Gasteiger partial charge < -0.3 is 9.47 Å². The molecule has 0 aromatic heterocycles. The molecule has 2 aromatic carbocycles. The van der Waals surface area contributed by atoms with Gasteiger partial charge in [0.1, 0.15) is 24.0 Å². The van der Waals surface area contributed by atoms with Crippen LogP contribution < -0.4 is 10.1 Å². The molecule has 31 heavy (non-hydrogen) atoms. The van der Waals surface area contributed by atoms with Crippen molar-refractivity contribution >= 4 is 46.6 Å². The highest BCUT2D eigenvalue weighted by Crippen LogP contribution is 2.25. The van der Waals surface area contributed by atoms with Gasteiger partial charge in [-0.15, -0.1) is 5.10 Å². The maximum atomic E-state index is 13.8. The van der Waals surface area contributed by atoms with Crippen molar-refractivity contribution in [1.29, 1.82) is 0 Å². The molecule has 2 aromatic rings. The molecular formula is C20H14ClF2N3O4S. The number of amidine groups is 1. The predicted octanol–water partition coefficient (Wildman–Crippen LogP) is 3.81. The van der Waals surface area contributed by atoms with Crippen LogP contribution in [0.5, 0.6) is 5.75 Å². The molecule has 0 bridgehead atoms. The van der Waals surface area contributed by atoms with Crippen LogP contribution in [0.4, 0.5) is 8.78 Å². The van der Waals surface area contributed by atoms with Crippen molar-refractivity contribution in [3.63, 3.8) is 0 Å². The molecule has 0 atom stereocenters. The quantitative estimate of drug-likeness (QED) is 0.303. The fraction of sp³-hybridized carbons (Fsp3) is 0.100. The van der Waals surface area contributed by atoms with E-state index < -0.39 is 23.5 Å². The van der Waals surface area contributed by atoms with Crippen LogP contribution in [-0.4, -0.2) is 30.4 Å². The maximum Gasteiger partial charge on any atom is 0.331 e. The molecule has 0 spiro atoms. The highest BCUT2D eigenvalue weighted by molar-refractivity contribution is 8.18. The van der Waals surface area contributed by atoms with Gasteiger partial charge in [0.25, 0.3) is 5.91 Å². The molecule has 1 saturated heterocycles. The van der Waals surface area contributed by atoms with Crippen LogP contribution in [-0.2, 0) is 20.9 Å². The molecule has 160 valence electrons. The SMILES string of the molecule is COC(=O)/C=C1/S/C(=N\N=Cc2cc(Cl)ccc2OCc2ccc(F)cc2F)NC1=O. The molecule has 0 aliphatic carbocycles. The lowest BCUT2D eigenvalue weighted by Gasteiger charge is -2.10. The lowest BCUT2D eigenvalue weighted by molar-refractivity contribution is -0.135. The Morgan fingerprint density at radius 1 is 1.26 bits per heavy atom. The van der Waals surface area contributed by atoms with Crippen molar-refractivity contribution in [3.8, 4) is 5.75 Å². The largest absolute Gasteiger partial charge is 0.488 e. The van der Waals surface area contributed by atoms with E-state index in [0.717, 1.165) is 30.0 Å². The van der Waals surface area contributed by atoms with Gasteiger partial charge in [-0.1, -0.05) is 11.6 Å². The highest BCUT2D eigenvalue weighted by Gasteiger charge is 2.25. The number of amides is 1. The van der Waals surface area contributed by atoms with Crippen molar-refractivity contribution in [3.05, 3.63) is 75.2 Å². The molecule has 0 unspecified atom stereocenters. The van der Waals surface area contributed by atoms with E-state index >= 15 is 0 Å². The molecule has 1 fully saturated rings. The van der Waals surface area contributed by atoms with Crippen LogP contribution in [0.25, 0.3) is 0 Å². The van der Waals surface area contributed by atoms with E-state index in [4.69, 9.17) is 16.3 Å². The molecule has 3 rings (SSSR count). The normalized spacial score (nSPS) is 16.2. The van der Waals surface area contributed by atoms with E-state index in [0.29, 0.717) is 16.3 Å². The standard InChI is InChI=1S/C20H14ClF2N3O4S/c1-29-18(27)8-17-19(28)25-20(31-17)26-24-9-12-6-13(21)3-5-16(12)30-10-11-2-4-14(22)7-15(11)23/h2-9H,10H2,1H3,(H,25,26,28)/b17-8+,24-9?. The average molecular weight is 466 g/mol. The van der Waals surface area contributed by atoms with Crippen molar-refractivity contribution in [2.75, 3.05) is 7.11 Å². The number of benzene rings is 2. The summed E-state index contributed by atoms with van der Waals surface area (Å²) >= 11 is 6.94. The van der Waals surface area contributed by atoms with Gasteiger partial charge in [-0.25, -0.2) is 13.6 Å². The minimum Gasteiger partial charge on any atom is -0.488 e. The molecule has 1 N–H and O–H groups in total. The minimum atomic E-state index is -0.722. The Morgan fingerprint density at radius 2 is 2.06 bits per heavy atom. The van der Waals surface area contributed by atoms with E-state index in [1.807, 2.05) is 0 Å². The monoisotopic (exact) mass is 465 g/mol. The molecule has 1 heterocycles. The number of ether oxygens (including phenoxy) is 2. The third kappa shape index (κ3) is 6.12. The summed E-state index contributed by atoms with van der Waals surface area (Å²) in [5, 5.41) is 10.8. The number of nitrogens with one attached hydrogen (secondary N) is 1. The zero-order chi connectivity index (χ0) is 22.4. The van der Waals surface area contributed by atoms with Crippen LogP contribution in [0.1, 0.15) is 11.1 Å². The van der Waals surface area contributed by atoms with Crippen LogP contribution in [0.15, 0.2) is 57.6 Å². The second-order valence-electron chi connectivity index (χ2n) is 5.94. The molecule has 1 aliphatic rings. The number of nitrogens with zero attached hydrogens (tertiary/aromatic N) is 2. The first kappa shape index (κ1) is 22.4. The number of thioether (sulfide) groups is 1. The lowest BCUT2D eigenvalue weighted by Crippen LogP contribution is -2.19. The van der Waals surface area contributed by atoms with Gasteiger partial charge in [-0.2, -0.15) is 5.10 Å². The Balaban J connectivity index is 1.73. The third-order valence-corrected chi connectivity index (χ3v) is 4.95. The van der Waals surface area contributed by atoms with Crippen molar-refractivity contribution in [2.24, 2.45) is 10.2 Å². The second-order valence-corrected chi connectivity index (χ2v) is 7.41. The number of hydrogen-bond acceptors (Lipinski definition) is 7. The Labute approximate surface area is 184 Å². The molecule has 1 aliphatic heterocycles. The fourth-order valence-electron chi connectivity index (χ4n) is 2.33. The molecule has 0 saturated carbocycles. The third-order valence-electron chi connectivity index (χ3n) is 3.82. The number of hydrogen-bond donors (Lipinski definition) is 1. The zero-order valence-corrected chi connectivity index (χ0v) is 17.5. The Morgan fingerprint density at radius 3 is 2.81 bits per heavy atom. The fourth-order valence-corrected chi connectivity index (χ4v) is 3.25. The summed E-state index contributed by atoms with van der Waals surface area (Å²) in [6.07, 6.45) is 2.38. The first-order chi connectivity index (χ1) is 14.9. The van der Waals surface area contributed by atoms with E-state index in [1.54, 1.807) is 18.2 Å². The van der Waals surface area contributed by atoms with Crippen LogP contribution in [0.2, 0.25) is 5.02 Å².